The van der Waals surface area contributed by atoms with E-state index in [0.29, 0.717) is 36.1 Å². The average molecular weight is 901 g/mol. The van der Waals surface area contributed by atoms with Crippen LogP contribution in [0.5, 0.6) is 0 Å². The van der Waals surface area contributed by atoms with Crippen molar-refractivity contribution in [1.29, 1.82) is 0 Å². The van der Waals surface area contributed by atoms with E-state index < -0.39 is 0 Å². The van der Waals surface area contributed by atoms with E-state index >= 15 is 9.59 Å². The maximum atomic E-state index is 15.4. The van der Waals surface area contributed by atoms with Gasteiger partial charge in [0.15, 0.2) is 0 Å². The molecule has 4 nitrogen and oxygen atoms in total. The highest BCUT2D eigenvalue weighted by Crippen LogP contribution is 2.53. The van der Waals surface area contributed by atoms with Crippen LogP contribution in [0.4, 0.5) is 0 Å². The first kappa shape index (κ1) is 50.5. The fraction of sp³-hybridized carbons (Fsp3) is 0.673. The predicted molar refractivity (Wildman–Crippen MR) is 273 cm³/mol. The third-order valence-corrected chi connectivity index (χ3v) is 18.0. The molecule has 7 heteroatoms. The number of hydrogen-bond acceptors (Lipinski definition) is 5. The number of rotatable bonds is 28. The summed E-state index contributed by atoms with van der Waals surface area (Å²) in [5, 5.41) is 0. The molecule has 5 rings (SSSR count). The second kappa shape index (κ2) is 23.6. The quantitative estimate of drug-likeness (QED) is 0.0681. The lowest BCUT2D eigenvalue weighted by Crippen LogP contribution is -2.40. The Labute approximate surface area is 391 Å². The Morgan fingerprint density at radius 2 is 0.935 bits per heavy atom. The molecular formula is C55H84N2O2S3. The molecule has 3 aromatic rings. The van der Waals surface area contributed by atoms with Crippen LogP contribution in [-0.2, 0) is 15.0 Å². The van der Waals surface area contributed by atoms with Gasteiger partial charge in [-0.15, -0.1) is 34.0 Å². The van der Waals surface area contributed by atoms with Crippen molar-refractivity contribution in [3.8, 4) is 19.5 Å². The summed E-state index contributed by atoms with van der Waals surface area (Å²) in [6, 6.07) is 13.5. The van der Waals surface area contributed by atoms with E-state index in [9.17, 15) is 0 Å². The second-order valence-electron chi connectivity index (χ2n) is 20.8. The van der Waals surface area contributed by atoms with Crippen molar-refractivity contribution >= 4 is 51.5 Å². The SMILES string of the molecule is CCCCCCCCC(C)CN1C(=O)C2=C(C(C)(C)C(C)C)N(CC(CCCCCC)CCCCCCCC)C(=O)C2=C1c1ccc(-c2ccc(-c3ccc(C(C)(C)C)s3)s2)s1. The van der Waals surface area contributed by atoms with Gasteiger partial charge >= 0.3 is 0 Å². The Morgan fingerprint density at radius 3 is 1.45 bits per heavy atom. The molecule has 0 bridgehead atoms. The molecule has 0 radical (unpaired) electrons. The van der Waals surface area contributed by atoms with Crippen molar-refractivity contribution in [2.45, 2.75) is 204 Å². The van der Waals surface area contributed by atoms with Gasteiger partial charge in [-0.2, -0.15) is 0 Å². The number of nitrogens with zero attached hydrogens (tertiary/aromatic N) is 2. The van der Waals surface area contributed by atoms with Crippen LogP contribution in [0.25, 0.3) is 25.2 Å². The van der Waals surface area contributed by atoms with Crippen LogP contribution in [0.2, 0.25) is 0 Å². The van der Waals surface area contributed by atoms with Gasteiger partial charge in [-0.3, -0.25) is 9.59 Å². The van der Waals surface area contributed by atoms with Crippen molar-refractivity contribution in [2.24, 2.45) is 23.2 Å². The minimum Gasteiger partial charge on any atom is -0.310 e. The monoisotopic (exact) mass is 901 g/mol. The molecule has 0 spiro atoms. The molecule has 2 amide bonds. The van der Waals surface area contributed by atoms with Gasteiger partial charge in [-0.05, 0) is 78.8 Å². The fourth-order valence-electron chi connectivity index (χ4n) is 9.35. The third-order valence-electron chi connectivity index (χ3n) is 13.9. The van der Waals surface area contributed by atoms with Gasteiger partial charge in [0.2, 0.25) is 0 Å². The van der Waals surface area contributed by atoms with Gasteiger partial charge in [0.25, 0.3) is 11.8 Å². The Bertz CT molecular complexity index is 1950. The molecule has 0 saturated carbocycles. The number of hydrogen-bond donors (Lipinski definition) is 0. The highest BCUT2D eigenvalue weighted by atomic mass is 32.1. The van der Waals surface area contributed by atoms with Crippen LogP contribution in [0.3, 0.4) is 0 Å². The Morgan fingerprint density at radius 1 is 0.500 bits per heavy atom. The second-order valence-corrected chi connectivity index (χ2v) is 24.1. The topological polar surface area (TPSA) is 40.6 Å². The van der Waals surface area contributed by atoms with E-state index in [-0.39, 0.29) is 28.6 Å². The van der Waals surface area contributed by atoms with Gasteiger partial charge in [-0.1, -0.05) is 179 Å². The number of allylic oxidation sites excluding steroid dienone is 1. The third kappa shape index (κ3) is 12.7. The molecule has 344 valence electrons. The van der Waals surface area contributed by atoms with Crippen molar-refractivity contribution < 1.29 is 9.59 Å². The van der Waals surface area contributed by atoms with Gasteiger partial charge in [0.1, 0.15) is 0 Å². The zero-order chi connectivity index (χ0) is 45.0. The minimum absolute atomic E-state index is 0.0421. The highest BCUT2D eigenvalue weighted by Gasteiger charge is 2.53. The zero-order valence-electron chi connectivity index (χ0n) is 41.0. The van der Waals surface area contributed by atoms with E-state index in [4.69, 9.17) is 0 Å². The summed E-state index contributed by atoms with van der Waals surface area (Å²) >= 11 is 5.48. The van der Waals surface area contributed by atoms with E-state index in [2.05, 4.69) is 117 Å². The van der Waals surface area contributed by atoms with E-state index in [1.807, 2.05) is 27.6 Å². The molecule has 3 aromatic heterocycles. The summed E-state index contributed by atoms with van der Waals surface area (Å²) in [7, 11) is 0. The fourth-order valence-corrected chi connectivity index (χ4v) is 12.7. The van der Waals surface area contributed by atoms with E-state index in [1.165, 1.54) is 127 Å². The molecule has 0 aromatic carbocycles. The average Bonchev–Trinajstić information content (AvgIpc) is 4.07. The van der Waals surface area contributed by atoms with E-state index in [1.54, 1.807) is 11.3 Å². The largest absolute Gasteiger partial charge is 0.310 e. The predicted octanol–water partition coefficient (Wildman–Crippen LogP) is 17.6. The number of unbranched alkanes of at least 4 members (excludes halogenated alkanes) is 13. The van der Waals surface area contributed by atoms with Crippen molar-refractivity contribution in [3.05, 3.63) is 63.0 Å². The van der Waals surface area contributed by atoms with Gasteiger partial charge in [0.05, 0.1) is 21.7 Å². The molecular weight excluding hydrogens is 817 g/mol. The van der Waals surface area contributed by atoms with Gasteiger partial charge in [0, 0.05) is 48.6 Å². The first-order chi connectivity index (χ1) is 29.6. The molecule has 2 atom stereocenters. The van der Waals surface area contributed by atoms with Crippen LogP contribution in [0.15, 0.2) is 53.2 Å². The molecule has 0 saturated heterocycles. The van der Waals surface area contributed by atoms with Crippen LogP contribution >= 0.6 is 34.0 Å². The summed E-state index contributed by atoms with van der Waals surface area (Å²) in [4.78, 5) is 42.4. The molecule has 62 heavy (non-hydrogen) atoms. The first-order valence-electron chi connectivity index (χ1n) is 25.1. The first-order valence-corrected chi connectivity index (χ1v) is 27.5. The normalized spacial score (nSPS) is 15.9. The number of carbonyl (C=O) groups excluding carboxylic acids is 2. The molecule has 2 unspecified atom stereocenters. The van der Waals surface area contributed by atoms with Crippen LogP contribution < -0.4 is 0 Å². The summed E-state index contributed by atoms with van der Waals surface area (Å²) in [5.41, 5.74) is 2.98. The van der Waals surface area contributed by atoms with E-state index in [0.717, 1.165) is 35.5 Å². The maximum absolute atomic E-state index is 15.4. The molecule has 2 aliphatic heterocycles. The lowest BCUT2D eigenvalue weighted by Gasteiger charge is -2.38. The number of amides is 2. The van der Waals surface area contributed by atoms with Crippen molar-refractivity contribution in [3.63, 3.8) is 0 Å². The summed E-state index contributed by atoms with van der Waals surface area (Å²) in [6.45, 7) is 26.4. The lowest BCUT2D eigenvalue weighted by atomic mass is 9.76. The molecule has 0 N–H and O–H groups in total. The Balaban J connectivity index is 1.53. The van der Waals surface area contributed by atoms with Crippen LogP contribution in [0, 0.1) is 23.2 Å². The molecule has 2 aliphatic rings. The van der Waals surface area contributed by atoms with Gasteiger partial charge in [-0.25, -0.2) is 0 Å². The zero-order valence-corrected chi connectivity index (χ0v) is 43.4. The molecule has 0 fully saturated rings. The smallest absolute Gasteiger partial charge is 0.261 e. The van der Waals surface area contributed by atoms with Gasteiger partial charge < -0.3 is 9.80 Å². The minimum atomic E-state index is -0.358. The summed E-state index contributed by atoms with van der Waals surface area (Å²) in [6.07, 6.45) is 23.6. The summed E-state index contributed by atoms with van der Waals surface area (Å²) in [5.74, 6) is 1.11. The van der Waals surface area contributed by atoms with Crippen molar-refractivity contribution in [1.82, 2.24) is 9.80 Å². The van der Waals surface area contributed by atoms with Crippen LogP contribution in [-0.4, -0.2) is 34.7 Å². The molecule has 5 heterocycles. The Hall–Kier alpha value is -2.48. The highest BCUT2D eigenvalue weighted by molar-refractivity contribution is 7.26. The lowest BCUT2D eigenvalue weighted by molar-refractivity contribution is -0.125. The molecule has 0 aliphatic carbocycles. The van der Waals surface area contributed by atoms with Crippen molar-refractivity contribution in [2.75, 3.05) is 13.1 Å². The number of fused-ring (bicyclic) bond motifs is 1. The number of thiophene rings is 3. The van der Waals surface area contributed by atoms with Crippen LogP contribution in [0.1, 0.15) is 208 Å². The number of carbonyl (C=O) groups is 2. The standard InChI is InChI=1S/C55H84N2O2S3/c1-12-15-18-21-23-25-28-40(6)37-56-50(46-34-33-43(61-46)42-31-32-44(60-42)45-35-36-47(62-45)54(7,8)9)48-49(53(56)59)51(55(10,11)39(4)5)57(52(48)58)38-41(29-26-20-17-14-3)30-27-24-22-19-16-13-2/h31-36,39-41H,12-30,37-38H2,1-11H3. The maximum Gasteiger partial charge on any atom is 0.261 e. The Kier molecular flexibility index (Phi) is 19.3. The summed E-state index contributed by atoms with van der Waals surface area (Å²) < 4.78 is 0.